The molecule has 0 N–H and O–H groups in total. The number of nitrogens with zero attached hydrogens (tertiary/aromatic N) is 1. The Morgan fingerprint density at radius 2 is 1.59 bits per heavy atom. The van der Waals surface area contributed by atoms with Crippen LogP contribution in [0.15, 0.2) is 84.9 Å². The van der Waals surface area contributed by atoms with Gasteiger partial charge in [-0.05, 0) is 46.0 Å². The summed E-state index contributed by atoms with van der Waals surface area (Å²) >= 11 is 0. The number of nitro groups is 1. The summed E-state index contributed by atoms with van der Waals surface area (Å²) in [7, 11) is 1.33. The van der Waals surface area contributed by atoms with Gasteiger partial charge in [0.25, 0.3) is 0 Å². The predicted molar refractivity (Wildman–Crippen MR) is 132 cm³/mol. The molecular weight excluding hydrogens is 430 g/mol. The van der Waals surface area contributed by atoms with E-state index in [-0.39, 0.29) is 23.8 Å². The third-order valence-electron chi connectivity index (χ3n) is 5.71. The largest absolute Gasteiger partial charge is 0.486 e. The third kappa shape index (κ3) is 5.41. The summed E-state index contributed by atoms with van der Waals surface area (Å²) in [6, 6.07) is 27.1. The number of ether oxygens (including phenoxy) is 2. The highest BCUT2D eigenvalue weighted by atomic mass is 16.6. The van der Waals surface area contributed by atoms with Gasteiger partial charge in [0.1, 0.15) is 0 Å². The van der Waals surface area contributed by atoms with Gasteiger partial charge in [-0.15, -0.1) is 0 Å². The van der Waals surface area contributed by atoms with E-state index in [0.717, 1.165) is 21.9 Å². The minimum Gasteiger partial charge on any atom is -0.486 e. The number of rotatable bonds is 9. The van der Waals surface area contributed by atoms with Crippen LogP contribution in [-0.2, 0) is 22.4 Å². The van der Waals surface area contributed by atoms with E-state index in [2.05, 4.69) is 0 Å². The molecule has 0 fully saturated rings. The number of hydrogen-bond donors (Lipinski definition) is 0. The van der Waals surface area contributed by atoms with Gasteiger partial charge in [-0.25, -0.2) is 0 Å². The molecule has 4 rings (SSSR count). The number of nitro benzene ring substituents is 1. The number of hydrogen-bond acceptors (Lipinski definition) is 5. The van der Waals surface area contributed by atoms with E-state index in [1.165, 1.54) is 13.2 Å². The lowest BCUT2D eigenvalue weighted by atomic mass is 9.96. The standard InChI is InChI=1S/C28H25NO5/c1-33-27(30)14-11-21-17-25(24-13-12-22-9-5-6-10-23(22)19-24)28(26(18-21)29(31)32)34-16-15-20-7-3-2-4-8-20/h2-10,12-13,17-19H,11,14-16H2,1H3. The Balaban J connectivity index is 1.75. The SMILES string of the molecule is COC(=O)CCc1cc(-c2ccc3ccccc3c2)c(OCCc2ccccc2)c([N+](=O)[O-])c1. The van der Waals surface area contributed by atoms with Crippen LogP contribution in [0.25, 0.3) is 21.9 Å². The minimum absolute atomic E-state index is 0.112. The van der Waals surface area contributed by atoms with Crippen molar-refractivity contribution < 1.29 is 19.2 Å². The van der Waals surface area contributed by atoms with Crippen LogP contribution in [0.2, 0.25) is 0 Å². The molecule has 0 spiro atoms. The molecule has 0 unspecified atom stereocenters. The van der Waals surface area contributed by atoms with Crippen LogP contribution in [0, 0.1) is 10.1 Å². The zero-order chi connectivity index (χ0) is 23.9. The molecule has 0 aromatic heterocycles. The molecule has 4 aromatic carbocycles. The molecule has 0 radical (unpaired) electrons. The lowest BCUT2D eigenvalue weighted by Crippen LogP contribution is -2.07. The van der Waals surface area contributed by atoms with Crippen LogP contribution in [0.4, 0.5) is 5.69 Å². The molecule has 172 valence electrons. The first-order valence-electron chi connectivity index (χ1n) is 11.1. The van der Waals surface area contributed by atoms with Gasteiger partial charge in [-0.2, -0.15) is 0 Å². The molecule has 0 aliphatic rings. The minimum atomic E-state index is -0.427. The van der Waals surface area contributed by atoms with Gasteiger partial charge in [0.15, 0.2) is 0 Å². The number of carbonyl (C=O) groups excluding carboxylic acids is 1. The van der Waals surface area contributed by atoms with Gasteiger partial charge in [-0.1, -0.05) is 66.7 Å². The molecule has 0 bridgehead atoms. The van der Waals surface area contributed by atoms with Gasteiger partial charge < -0.3 is 9.47 Å². The normalized spacial score (nSPS) is 10.7. The average molecular weight is 456 g/mol. The highest BCUT2D eigenvalue weighted by molar-refractivity contribution is 5.89. The molecule has 0 aliphatic carbocycles. The Labute approximate surface area is 197 Å². The van der Waals surface area contributed by atoms with Gasteiger partial charge in [0.05, 0.1) is 18.6 Å². The van der Waals surface area contributed by atoms with Crippen LogP contribution in [0.3, 0.4) is 0 Å². The fourth-order valence-electron chi connectivity index (χ4n) is 3.94. The Morgan fingerprint density at radius 1 is 0.853 bits per heavy atom. The maximum Gasteiger partial charge on any atom is 0.311 e. The number of methoxy groups -OCH3 is 1. The van der Waals surface area contributed by atoms with Crippen LogP contribution < -0.4 is 4.74 Å². The molecule has 0 amide bonds. The van der Waals surface area contributed by atoms with Crippen molar-refractivity contribution in [2.75, 3.05) is 13.7 Å². The molecule has 0 heterocycles. The molecule has 34 heavy (non-hydrogen) atoms. The second kappa shape index (κ2) is 10.6. The molecule has 6 heteroatoms. The Morgan fingerprint density at radius 3 is 2.32 bits per heavy atom. The number of fused-ring (bicyclic) bond motifs is 1. The maximum absolute atomic E-state index is 12.0. The number of benzene rings is 4. The van der Waals surface area contributed by atoms with Crippen molar-refractivity contribution >= 4 is 22.4 Å². The summed E-state index contributed by atoms with van der Waals surface area (Å²) in [6.45, 7) is 0.299. The zero-order valence-electron chi connectivity index (χ0n) is 18.9. The lowest BCUT2D eigenvalue weighted by Gasteiger charge is -2.15. The smallest absolute Gasteiger partial charge is 0.311 e. The number of carbonyl (C=O) groups is 1. The van der Waals surface area contributed by atoms with Crippen LogP contribution in [0.5, 0.6) is 5.75 Å². The molecule has 0 atom stereocenters. The Hall–Kier alpha value is -4.19. The molecule has 0 saturated heterocycles. The quantitative estimate of drug-likeness (QED) is 0.172. The van der Waals surface area contributed by atoms with Crippen molar-refractivity contribution in [1.29, 1.82) is 0 Å². The first kappa shape index (κ1) is 23.0. The number of aryl methyl sites for hydroxylation is 1. The fourth-order valence-corrected chi connectivity index (χ4v) is 3.94. The highest BCUT2D eigenvalue weighted by Crippen LogP contribution is 2.40. The highest BCUT2D eigenvalue weighted by Gasteiger charge is 2.23. The molecule has 0 saturated carbocycles. The van der Waals surface area contributed by atoms with Crippen molar-refractivity contribution in [3.63, 3.8) is 0 Å². The van der Waals surface area contributed by atoms with Crippen molar-refractivity contribution in [2.24, 2.45) is 0 Å². The summed E-state index contributed by atoms with van der Waals surface area (Å²) in [5, 5.41) is 14.1. The van der Waals surface area contributed by atoms with E-state index in [9.17, 15) is 14.9 Å². The van der Waals surface area contributed by atoms with Crippen LogP contribution in [-0.4, -0.2) is 24.6 Å². The van der Waals surface area contributed by atoms with E-state index in [1.807, 2.05) is 78.9 Å². The van der Waals surface area contributed by atoms with Crippen molar-refractivity contribution in [3.05, 3.63) is 106 Å². The number of esters is 1. The summed E-state index contributed by atoms with van der Waals surface area (Å²) in [5.74, 6) is -0.129. The summed E-state index contributed by atoms with van der Waals surface area (Å²) in [4.78, 5) is 23.3. The van der Waals surface area contributed by atoms with Crippen LogP contribution >= 0.6 is 0 Å². The van der Waals surface area contributed by atoms with Crippen molar-refractivity contribution in [1.82, 2.24) is 0 Å². The van der Waals surface area contributed by atoms with Crippen molar-refractivity contribution in [3.8, 4) is 16.9 Å². The van der Waals surface area contributed by atoms with Gasteiger partial charge in [-0.3, -0.25) is 14.9 Å². The van der Waals surface area contributed by atoms with E-state index in [0.29, 0.717) is 30.6 Å². The Kier molecular flexibility index (Phi) is 7.18. The molecule has 4 aromatic rings. The molecule has 6 nitrogen and oxygen atoms in total. The van der Waals surface area contributed by atoms with E-state index < -0.39 is 4.92 Å². The lowest BCUT2D eigenvalue weighted by molar-refractivity contribution is -0.385. The van der Waals surface area contributed by atoms with Crippen molar-refractivity contribution in [2.45, 2.75) is 19.3 Å². The zero-order valence-corrected chi connectivity index (χ0v) is 18.9. The summed E-state index contributed by atoms with van der Waals surface area (Å²) in [6.07, 6.45) is 1.09. The third-order valence-corrected chi connectivity index (χ3v) is 5.71. The summed E-state index contributed by atoms with van der Waals surface area (Å²) in [5.41, 5.74) is 3.10. The fraction of sp³-hybridized carbons (Fsp3) is 0.179. The topological polar surface area (TPSA) is 78.7 Å². The van der Waals surface area contributed by atoms with Gasteiger partial charge >= 0.3 is 11.7 Å². The van der Waals surface area contributed by atoms with Gasteiger partial charge in [0.2, 0.25) is 5.75 Å². The van der Waals surface area contributed by atoms with E-state index in [1.54, 1.807) is 0 Å². The first-order chi connectivity index (χ1) is 16.5. The monoisotopic (exact) mass is 455 g/mol. The maximum atomic E-state index is 12.0. The average Bonchev–Trinajstić information content (AvgIpc) is 2.87. The second-order valence-corrected chi connectivity index (χ2v) is 7.97. The molecule has 0 aliphatic heterocycles. The first-order valence-corrected chi connectivity index (χ1v) is 11.1. The Bertz CT molecular complexity index is 1320. The van der Waals surface area contributed by atoms with Gasteiger partial charge in [0, 0.05) is 24.5 Å². The predicted octanol–water partition coefficient (Wildman–Crippen LogP) is 6.14. The molecular formula is C28H25NO5. The second-order valence-electron chi connectivity index (χ2n) is 7.97. The van der Waals surface area contributed by atoms with Crippen LogP contribution in [0.1, 0.15) is 17.5 Å². The van der Waals surface area contributed by atoms with E-state index in [4.69, 9.17) is 9.47 Å². The summed E-state index contributed by atoms with van der Waals surface area (Å²) < 4.78 is 10.8. The van der Waals surface area contributed by atoms with E-state index >= 15 is 0 Å².